The van der Waals surface area contributed by atoms with Gasteiger partial charge in [-0.25, -0.2) is 16.8 Å². The van der Waals surface area contributed by atoms with Gasteiger partial charge in [-0.1, -0.05) is 17.7 Å². The van der Waals surface area contributed by atoms with Crippen LogP contribution in [0, 0.1) is 6.92 Å². The zero-order chi connectivity index (χ0) is 20.4. The molecule has 9 heteroatoms. The van der Waals surface area contributed by atoms with Crippen molar-refractivity contribution >= 4 is 25.7 Å². The highest BCUT2D eigenvalue weighted by atomic mass is 32.2. The van der Waals surface area contributed by atoms with Crippen LogP contribution in [0.1, 0.15) is 25.3 Å². The van der Waals surface area contributed by atoms with Crippen LogP contribution in [0.2, 0.25) is 0 Å². The van der Waals surface area contributed by atoms with E-state index in [4.69, 9.17) is 4.74 Å². The SMILES string of the molecule is CCOc1ccc(NS(=O)(=O)c2ccc(C)cc2)cc1S(=O)(=O)N1CCCC1. The fraction of sp³-hybridized carbons (Fsp3) is 0.368. The molecule has 0 saturated carbocycles. The van der Waals surface area contributed by atoms with E-state index >= 15 is 0 Å². The second-order valence-corrected chi connectivity index (χ2v) is 10.2. The van der Waals surface area contributed by atoms with Gasteiger partial charge < -0.3 is 4.74 Å². The van der Waals surface area contributed by atoms with Crippen LogP contribution in [0.25, 0.3) is 0 Å². The van der Waals surface area contributed by atoms with E-state index in [2.05, 4.69) is 4.72 Å². The average molecular weight is 425 g/mol. The molecule has 1 saturated heterocycles. The Hall–Kier alpha value is -2.10. The van der Waals surface area contributed by atoms with Gasteiger partial charge in [-0.2, -0.15) is 4.31 Å². The molecule has 0 bridgehead atoms. The van der Waals surface area contributed by atoms with Crippen LogP contribution < -0.4 is 9.46 Å². The molecule has 0 aromatic heterocycles. The summed E-state index contributed by atoms with van der Waals surface area (Å²) >= 11 is 0. The van der Waals surface area contributed by atoms with Gasteiger partial charge in [0.15, 0.2) is 0 Å². The number of nitrogens with one attached hydrogen (secondary N) is 1. The van der Waals surface area contributed by atoms with Gasteiger partial charge in [-0.15, -0.1) is 0 Å². The fourth-order valence-electron chi connectivity index (χ4n) is 3.05. The number of benzene rings is 2. The first-order chi connectivity index (χ1) is 13.2. The molecule has 1 aliphatic heterocycles. The van der Waals surface area contributed by atoms with E-state index in [0.717, 1.165) is 18.4 Å². The second kappa shape index (κ2) is 8.10. The molecule has 1 fully saturated rings. The zero-order valence-electron chi connectivity index (χ0n) is 15.9. The smallest absolute Gasteiger partial charge is 0.261 e. The van der Waals surface area contributed by atoms with Crippen LogP contribution in [0.5, 0.6) is 5.75 Å². The van der Waals surface area contributed by atoms with Gasteiger partial charge in [-0.05, 0) is 57.0 Å². The number of hydrogen-bond donors (Lipinski definition) is 1. The Labute approximate surface area is 166 Å². The number of ether oxygens (including phenoxy) is 1. The number of sulfonamides is 2. The van der Waals surface area contributed by atoms with Gasteiger partial charge in [0.1, 0.15) is 10.6 Å². The molecule has 0 amide bonds. The Balaban J connectivity index is 1.98. The van der Waals surface area contributed by atoms with E-state index < -0.39 is 20.0 Å². The van der Waals surface area contributed by atoms with E-state index in [-0.39, 0.29) is 21.2 Å². The van der Waals surface area contributed by atoms with Crippen molar-refractivity contribution in [3.63, 3.8) is 0 Å². The van der Waals surface area contributed by atoms with Gasteiger partial charge in [0, 0.05) is 13.1 Å². The average Bonchev–Trinajstić information content (AvgIpc) is 3.19. The third-order valence-corrected chi connectivity index (χ3v) is 7.83. The van der Waals surface area contributed by atoms with Crippen LogP contribution in [0.4, 0.5) is 5.69 Å². The highest BCUT2D eigenvalue weighted by Gasteiger charge is 2.30. The van der Waals surface area contributed by atoms with Gasteiger partial charge >= 0.3 is 0 Å². The molecule has 1 N–H and O–H groups in total. The quantitative estimate of drug-likeness (QED) is 0.738. The topological polar surface area (TPSA) is 92.8 Å². The van der Waals surface area contributed by atoms with E-state index in [9.17, 15) is 16.8 Å². The lowest BCUT2D eigenvalue weighted by atomic mass is 10.2. The second-order valence-electron chi connectivity index (χ2n) is 6.62. The molecule has 1 heterocycles. The van der Waals surface area contributed by atoms with Crippen LogP contribution in [-0.4, -0.2) is 40.8 Å². The molecule has 2 aromatic carbocycles. The summed E-state index contributed by atoms with van der Waals surface area (Å²) in [6.45, 7) is 4.84. The van der Waals surface area contributed by atoms with Gasteiger partial charge in [0.2, 0.25) is 10.0 Å². The molecule has 0 unspecified atom stereocenters. The van der Waals surface area contributed by atoms with Crippen LogP contribution >= 0.6 is 0 Å². The molecule has 1 aliphatic rings. The molecule has 0 atom stereocenters. The summed E-state index contributed by atoms with van der Waals surface area (Å²) in [5.74, 6) is 0.215. The first-order valence-electron chi connectivity index (χ1n) is 9.10. The van der Waals surface area contributed by atoms with Crippen molar-refractivity contribution in [3.8, 4) is 5.75 Å². The lowest BCUT2D eigenvalue weighted by Gasteiger charge is -2.19. The molecular weight excluding hydrogens is 400 g/mol. The third kappa shape index (κ3) is 4.31. The first-order valence-corrected chi connectivity index (χ1v) is 12.0. The van der Waals surface area contributed by atoms with E-state index in [1.807, 2.05) is 6.92 Å². The monoisotopic (exact) mass is 424 g/mol. The van der Waals surface area contributed by atoms with Crippen LogP contribution in [0.3, 0.4) is 0 Å². The summed E-state index contributed by atoms with van der Waals surface area (Å²) in [6.07, 6.45) is 1.62. The van der Waals surface area contributed by atoms with Crippen LogP contribution in [-0.2, 0) is 20.0 Å². The zero-order valence-corrected chi connectivity index (χ0v) is 17.5. The molecule has 0 aliphatic carbocycles. The Kier molecular flexibility index (Phi) is 5.97. The van der Waals surface area contributed by atoms with Gasteiger partial charge in [0.25, 0.3) is 10.0 Å². The maximum atomic E-state index is 13.0. The number of nitrogens with zero attached hydrogens (tertiary/aromatic N) is 1. The minimum atomic E-state index is -3.84. The maximum Gasteiger partial charge on any atom is 0.261 e. The summed E-state index contributed by atoms with van der Waals surface area (Å²) in [6, 6.07) is 10.7. The predicted molar refractivity (Wildman–Crippen MR) is 108 cm³/mol. The molecular formula is C19H24N2O5S2. The van der Waals surface area contributed by atoms with Crippen molar-refractivity contribution in [1.29, 1.82) is 0 Å². The Morgan fingerprint density at radius 1 is 1.00 bits per heavy atom. The van der Waals surface area contributed by atoms with Gasteiger partial charge in [0.05, 0.1) is 17.2 Å². The minimum absolute atomic E-state index is 0.0274. The fourth-order valence-corrected chi connectivity index (χ4v) is 5.77. The van der Waals surface area contributed by atoms with Crippen molar-refractivity contribution in [2.24, 2.45) is 0 Å². The summed E-state index contributed by atoms with van der Waals surface area (Å²) in [4.78, 5) is 0.0799. The van der Waals surface area contributed by atoms with Crippen LogP contribution in [0.15, 0.2) is 52.3 Å². The van der Waals surface area contributed by atoms with Crippen molar-refractivity contribution < 1.29 is 21.6 Å². The van der Waals surface area contributed by atoms with Crippen molar-refractivity contribution in [2.45, 2.75) is 36.5 Å². The maximum absolute atomic E-state index is 13.0. The lowest BCUT2D eigenvalue weighted by molar-refractivity contribution is 0.330. The molecule has 3 rings (SSSR count). The van der Waals surface area contributed by atoms with E-state index in [1.54, 1.807) is 19.1 Å². The van der Waals surface area contributed by atoms with Crippen molar-refractivity contribution in [3.05, 3.63) is 48.0 Å². The van der Waals surface area contributed by atoms with E-state index in [0.29, 0.717) is 19.7 Å². The molecule has 2 aromatic rings. The molecule has 7 nitrogen and oxygen atoms in total. The Bertz CT molecular complexity index is 1040. The highest BCUT2D eigenvalue weighted by Crippen LogP contribution is 2.32. The summed E-state index contributed by atoms with van der Waals surface area (Å²) < 4.78 is 60.7. The number of aryl methyl sites for hydroxylation is 1. The Morgan fingerprint density at radius 3 is 2.25 bits per heavy atom. The lowest BCUT2D eigenvalue weighted by Crippen LogP contribution is -2.28. The van der Waals surface area contributed by atoms with Gasteiger partial charge in [-0.3, -0.25) is 4.72 Å². The Morgan fingerprint density at radius 2 is 1.64 bits per heavy atom. The summed E-state index contributed by atoms with van der Waals surface area (Å²) in [7, 11) is -7.60. The van der Waals surface area contributed by atoms with E-state index in [1.165, 1.54) is 34.6 Å². The standard InChI is InChI=1S/C19H24N2O5S2/c1-3-26-18-11-8-16(14-19(18)28(24,25)21-12-4-5-13-21)20-27(22,23)17-9-6-15(2)7-10-17/h6-11,14,20H,3-5,12-13H2,1-2H3. The molecule has 0 spiro atoms. The first kappa shape index (κ1) is 20.6. The predicted octanol–water partition coefficient (Wildman–Crippen LogP) is 2.98. The molecule has 28 heavy (non-hydrogen) atoms. The number of anilines is 1. The summed E-state index contributed by atoms with van der Waals surface area (Å²) in [5.41, 5.74) is 1.11. The third-order valence-electron chi connectivity index (χ3n) is 4.51. The molecule has 152 valence electrons. The van der Waals surface area contributed by atoms with Crippen molar-refractivity contribution in [2.75, 3.05) is 24.4 Å². The highest BCUT2D eigenvalue weighted by molar-refractivity contribution is 7.92. The summed E-state index contributed by atoms with van der Waals surface area (Å²) in [5, 5.41) is 0. The minimum Gasteiger partial charge on any atom is -0.492 e. The number of hydrogen-bond acceptors (Lipinski definition) is 5. The number of rotatable bonds is 7. The normalized spacial score (nSPS) is 15.5. The van der Waals surface area contributed by atoms with Crippen molar-refractivity contribution in [1.82, 2.24) is 4.31 Å². The largest absolute Gasteiger partial charge is 0.492 e. The molecule has 0 radical (unpaired) electrons.